The molecule has 10 heteroatoms. The Kier molecular flexibility index (Phi) is 5.77. The van der Waals surface area contributed by atoms with Crippen LogP contribution in [0.25, 0.3) is 0 Å². The fraction of sp³-hybridized carbons (Fsp3) is 0.250. The van der Waals surface area contributed by atoms with Crippen LogP contribution < -0.4 is 9.62 Å². The van der Waals surface area contributed by atoms with Gasteiger partial charge in [0.15, 0.2) is 0 Å². The maximum Gasteiger partial charge on any atom is 0.264 e. The summed E-state index contributed by atoms with van der Waals surface area (Å²) in [6.45, 7) is 1.99. The summed E-state index contributed by atoms with van der Waals surface area (Å²) in [5, 5.41) is 12.2. The van der Waals surface area contributed by atoms with Crippen molar-refractivity contribution in [3.8, 4) is 0 Å². The van der Waals surface area contributed by atoms with Crippen molar-refractivity contribution < 1.29 is 13.2 Å². The maximum atomic E-state index is 13.2. The largest absolute Gasteiger partial charge is 0.296 e. The Morgan fingerprint density at radius 3 is 2.60 bits per heavy atom. The number of halogens is 1. The molecule has 1 aliphatic rings. The summed E-state index contributed by atoms with van der Waals surface area (Å²) >= 11 is 7.53. The summed E-state index contributed by atoms with van der Waals surface area (Å²) in [7, 11) is -3.88. The van der Waals surface area contributed by atoms with Crippen LogP contribution in [0, 0.1) is 0 Å². The number of nitrogens with zero attached hydrogens (tertiary/aromatic N) is 3. The van der Waals surface area contributed by atoms with Gasteiger partial charge in [-0.05, 0) is 50.1 Å². The van der Waals surface area contributed by atoms with Gasteiger partial charge >= 0.3 is 0 Å². The summed E-state index contributed by atoms with van der Waals surface area (Å²) in [6.07, 6.45) is 2.17. The second kappa shape index (κ2) is 8.33. The molecular weight excluding hydrogens is 444 g/mol. The molecular formula is C20H19ClN4O3S2. The van der Waals surface area contributed by atoms with Crippen molar-refractivity contribution in [1.29, 1.82) is 0 Å². The van der Waals surface area contributed by atoms with Crippen LogP contribution in [0.15, 0.2) is 53.4 Å². The lowest BCUT2D eigenvalue weighted by Gasteiger charge is -2.23. The molecule has 1 amide bonds. The van der Waals surface area contributed by atoms with Crippen LogP contribution in [-0.2, 0) is 10.0 Å². The zero-order valence-electron chi connectivity index (χ0n) is 16.1. The number of aromatic nitrogens is 2. The van der Waals surface area contributed by atoms with E-state index in [1.54, 1.807) is 31.2 Å². The van der Waals surface area contributed by atoms with Gasteiger partial charge in [0.1, 0.15) is 5.01 Å². The van der Waals surface area contributed by atoms with E-state index in [1.165, 1.54) is 33.8 Å². The summed E-state index contributed by atoms with van der Waals surface area (Å²) in [4.78, 5) is 12.7. The van der Waals surface area contributed by atoms with E-state index in [9.17, 15) is 13.2 Å². The average Bonchev–Trinajstić information content (AvgIpc) is 3.48. The minimum absolute atomic E-state index is 0.0151. The molecule has 2 aromatic carbocycles. The van der Waals surface area contributed by atoms with Gasteiger partial charge in [-0.2, -0.15) is 0 Å². The van der Waals surface area contributed by atoms with E-state index in [-0.39, 0.29) is 22.0 Å². The van der Waals surface area contributed by atoms with Gasteiger partial charge in [-0.1, -0.05) is 41.1 Å². The lowest BCUT2D eigenvalue weighted by atomic mass is 10.2. The van der Waals surface area contributed by atoms with Crippen molar-refractivity contribution in [2.24, 2.45) is 0 Å². The predicted molar refractivity (Wildman–Crippen MR) is 118 cm³/mol. The molecule has 0 spiro atoms. The third-order valence-corrected chi connectivity index (χ3v) is 7.92. The number of amides is 1. The minimum atomic E-state index is -3.88. The second-order valence-electron chi connectivity index (χ2n) is 6.82. The topological polar surface area (TPSA) is 92.3 Å². The molecule has 1 fully saturated rings. The van der Waals surface area contributed by atoms with Gasteiger partial charge in [0.2, 0.25) is 5.13 Å². The van der Waals surface area contributed by atoms with Crippen molar-refractivity contribution >= 4 is 49.7 Å². The molecule has 1 N–H and O–H groups in total. The average molecular weight is 463 g/mol. The second-order valence-corrected chi connectivity index (χ2v) is 10.1. The van der Waals surface area contributed by atoms with Crippen LogP contribution in [0.4, 0.5) is 10.8 Å². The molecule has 4 rings (SSSR count). The highest BCUT2D eigenvalue weighted by Gasteiger charge is 2.28. The first-order chi connectivity index (χ1) is 14.4. The highest BCUT2D eigenvalue weighted by Crippen LogP contribution is 2.42. The quantitative estimate of drug-likeness (QED) is 0.556. The van der Waals surface area contributed by atoms with E-state index < -0.39 is 15.9 Å². The SMILES string of the molecule is CCN(c1ccccc1)S(=O)(=O)c1ccc(Cl)c(C(=O)Nc2nnc(C3CC3)s2)c1. The van der Waals surface area contributed by atoms with Crippen molar-refractivity contribution in [3.05, 3.63) is 64.1 Å². The van der Waals surface area contributed by atoms with Gasteiger partial charge in [-0.3, -0.25) is 14.4 Å². The van der Waals surface area contributed by atoms with Gasteiger partial charge in [0.25, 0.3) is 15.9 Å². The normalized spacial score (nSPS) is 13.8. The Balaban J connectivity index is 1.62. The molecule has 0 atom stereocenters. The van der Waals surface area contributed by atoms with E-state index in [4.69, 9.17) is 11.6 Å². The minimum Gasteiger partial charge on any atom is -0.296 e. The van der Waals surface area contributed by atoms with Crippen LogP contribution in [-0.4, -0.2) is 31.1 Å². The fourth-order valence-corrected chi connectivity index (χ4v) is 5.61. The standard InChI is InChI=1S/C20H19ClN4O3S2/c1-2-25(14-6-4-3-5-7-14)30(27,28)15-10-11-17(21)16(12-15)18(26)22-20-24-23-19(29-20)13-8-9-13/h3-7,10-13H,2,8-9H2,1H3,(H,22,24,26). The molecule has 1 aromatic heterocycles. The summed E-state index contributed by atoms with van der Waals surface area (Å²) in [6, 6.07) is 12.9. The zero-order valence-corrected chi connectivity index (χ0v) is 18.5. The number of benzene rings is 2. The Morgan fingerprint density at radius 2 is 1.93 bits per heavy atom. The van der Waals surface area contributed by atoms with E-state index >= 15 is 0 Å². The Bertz CT molecular complexity index is 1180. The van der Waals surface area contributed by atoms with Crippen molar-refractivity contribution in [1.82, 2.24) is 10.2 Å². The Hall–Kier alpha value is -2.49. The third-order valence-electron chi connectivity index (χ3n) is 4.69. The number of anilines is 2. The first-order valence-electron chi connectivity index (χ1n) is 9.42. The summed E-state index contributed by atoms with van der Waals surface area (Å²) in [5.41, 5.74) is 0.604. The molecule has 3 aromatic rings. The highest BCUT2D eigenvalue weighted by molar-refractivity contribution is 7.92. The number of sulfonamides is 1. The predicted octanol–water partition coefficient (Wildman–Crippen LogP) is 4.54. The number of hydrogen-bond donors (Lipinski definition) is 1. The molecule has 1 heterocycles. The monoisotopic (exact) mass is 462 g/mol. The number of rotatable bonds is 7. The molecule has 156 valence electrons. The summed E-state index contributed by atoms with van der Waals surface area (Å²) < 4.78 is 27.7. The van der Waals surface area contributed by atoms with E-state index in [2.05, 4.69) is 15.5 Å². The van der Waals surface area contributed by atoms with Crippen LogP contribution in [0.3, 0.4) is 0 Å². The molecule has 0 bridgehead atoms. The van der Waals surface area contributed by atoms with Crippen molar-refractivity contribution in [3.63, 3.8) is 0 Å². The first-order valence-corrected chi connectivity index (χ1v) is 12.1. The third kappa shape index (κ3) is 4.19. The molecule has 0 saturated heterocycles. The summed E-state index contributed by atoms with van der Waals surface area (Å²) in [5.74, 6) is -0.0958. The van der Waals surface area contributed by atoms with Gasteiger partial charge in [0, 0.05) is 12.5 Å². The lowest BCUT2D eigenvalue weighted by Crippen LogP contribution is -2.31. The Labute approximate surface area is 183 Å². The van der Waals surface area contributed by atoms with Crippen LogP contribution in [0.2, 0.25) is 5.02 Å². The highest BCUT2D eigenvalue weighted by atomic mass is 35.5. The maximum absolute atomic E-state index is 13.2. The van der Waals surface area contributed by atoms with Crippen LogP contribution in [0.1, 0.15) is 41.0 Å². The molecule has 0 aliphatic heterocycles. The van der Waals surface area contributed by atoms with Gasteiger partial charge in [0.05, 0.1) is 21.2 Å². The van der Waals surface area contributed by atoms with Crippen molar-refractivity contribution in [2.45, 2.75) is 30.6 Å². The van der Waals surface area contributed by atoms with Crippen LogP contribution in [0.5, 0.6) is 0 Å². The first kappa shape index (κ1) is 20.8. The Morgan fingerprint density at radius 1 is 1.20 bits per heavy atom. The number of carbonyl (C=O) groups is 1. The number of carbonyl (C=O) groups excluding carboxylic acids is 1. The zero-order chi connectivity index (χ0) is 21.3. The number of para-hydroxylation sites is 1. The smallest absolute Gasteiger partial charge is 0.264 e. The molecule has 7 nitrogen and oxygen atoms in total. The van der Waals surface area contributed by atoms with E-state index in [1.807, 2.05) is 6.07 Å². The number of hydrogen-bond acceptors (Lipinski definition) is 6. The molecule has 1 aliphatic carbocycles. The molecule has 1 saturated carbocycles. The molecule has 0 radical (unpaired) electrons. The number of nitrogens with one attached hydrogen (secondary N) is 1. The van der Waals surface area contributed by atoms with Crippen LogP contribution >= 0.6 is 22.9 Å². The molecule has 0 unspecified atom stereocenters. The fourth-order valence-electron chi connectivity index (χ4n) is 3.00. The van der Waals surface area contributed by atoms with E-state index in [0.29, 0.717) is 16.7 Å². The van der Waals surface area contributed by atoms with Crippen molar-refractivity contribution in [2.75, 3.05) is 16.2 Å². The van der Waals surface area contributed by atoms with Gasteiger partial charge in [-0.25, -0.2) is 8.42 Å². The van der Waals surface area contributed by atoms with Gasteiger partial charge in [-0.15, -0.1) is 10.2 Å². The van der Waals surface area contributed by atoms with E-state index in [0.717, 1.165) is 17.8 Å². The van der Waals surface area contributed by atoms with Gasteiger partial charge < -0.3 is 0 Å². The molecule has 30 heavy (non-hydrogen) atoms. The lowest BCUT2D eigenvalue weighted by molar-refractivity contribution is 0.102.